The normalized spacial score (nSPS) is 17.1. The zero-order chi connectivity index (χ0) is 27.7. The average molecular weight is 533 g/mol. The minimum absolute atomic E-state index is 0.107. The van der Waals surface area contributed by atoms with Crippen LogP contribution in [0, 0.1) is 0 Å². The molecule has 1 fully saturated rings. The molecule has 1 aliphatic rings. The number of ether oxygens (including phenoxy) is 1. The molecule has 200 valence electrons. The minimum Gasteiger partial charge on any atom is -0.497 e. The maximum atomic E-state index is 14.1. The van der Waals surface area contributed by atoms with E-state index in [2.05, 4.69) is 10.2 Å². The molecule has 0 unspecified atom stereocenters. The molecule has 3 aromatic carbocycles. The van der Waals surface area contributed by atoms with E-state index in [9.17, 15) is 9.59 Å². The molecule has 0 spiro atoms. The van der Waals surface area contributed by atoms with Crippen LogP contribution < -0.4 is 4.74 Å². The minimum atomic E-state index is -1.23. The molecule has 9 heteroatoms. The van der Waals surface area contributed by atoms with Gasteiger partial charge in [-0.1, -0.05) is 48.5 Å². The van der Waals surface area contributed by atoms with Crippen molar-refractivity contribution in [3.8, 4) is 17.1 Å². The number of urea groups is 1. The van der Waals surface area contributed by atoms with Gasteiger partial charge in [0, 0.05) is 23.5 Å². The van der Waals surface area contributed by atoms with Gasteiger partial charge in [-0.05, 0) is 48.9 Å². The Morgan fingerprint density at radius 2 is 1.25 bits per heavy atom. The fraction of sp³-hybridized carbons (Fsp3) is 0.161. The molecule has 3 amide bonds. The van der Waals surface area contributed by atoms with Gasteiger partial charge in [0.25, 0.3) is 5.91 Å². The fourth-order valence-corrected chi connectivity index (χ4v) is 5.05. The van der Waals surface area contributed by atoms with E-state index in [0.717, 1.165) is 22.5 Å². The van der Waals surface area contributed by atoms with Crippen molar-refractivity contribution >= 4 is 11.9 Å². The Hall–Kier alpha value is -5.18. The predicted octanol–water partition coefficient (Wildman–Crippen LogP) is 4.95. The second-order valence-corrected chi connectivity index (χ2v) is 9.82. The highest BCUT2D eigenvalue weighted by atomic mass is 16.5. The molecule has 0 bridgehead atoms. The lowest BCUT2D eigenvalue weighted by atomic mass is 9.90. The van der Waals surface area contributed by atoms with Crippen LogP contribution in [0.1, 0.15) is 23.6 Å². The number of rotatable bonds is 8. The zero-order valence-corrected chi connectivity index (χ0v) is 22.2. The monoisotopic (exact) mass is 532 g/mol. The van der Waals surface area contributed by atoms with Gasteiger partial charge < -0.3 is 9.64 Å². The number of hydrogen-bond acceptors (Lipinski definition) is 5. The Bertz CT molecular complexity index is 1650. The van der Waals surface area contributed by atoms with Gasteiger partial charge in [-0.25, -0.2) is 14.2 Å². The van der Waals surface area contributed by atoms with Gasteiger partial charge in [-0.2, -0.15) is 10.2 Å². The molecule has 1 saturated heterocycles. The van der Waals surface area contributed by atoms with Gasteiger partial charge in [-0.15, -0.1) is 0 Å². The molecule has 1 atom stereocenters. The zero-order valence-electron chi connectivity index (χ0n) is 22.2. The third-order valence-corrected chi connectivity index (χ3v) is 7.31. The number of nitrogens with zero attached hydrogens (tertiary/aromatic N) is 6. The van der Waals surface area contributed by atoms with Gasteiger partial charge in [0.2, 0.25) is 0 Å². The van der Waals surface area contributed by atoms with Crippen LogP contribution in [0.25, 0.3) is 11.4 Å². The molecule has 40 heavy (non-hydrogen) atoms. The largest absolute Gasteiger partial charge is 0.497 e. The lowest BCUT2D eigenvalue weighted by Crippen LogP contribution is -2.43. The van der Waals surface area contributed by atoms with Crippen LogP contribution in [-0.2, 0) is 23.4 Å². The number of amides is 3. The standard InChI is InChI=1S/C31H28N6O3/c1-31(25-13-15-28(40-2)16-14-25)29(38)34(19-23-17-32-36(21-23)26-9-5-3-6-10-26)30(39)35(31)20-24-18-33-37(22-24)27-11-7-4-8-12-27/h3-18,21-22H,19-20H2,1-2H3/t31-/m1/s1. The second kappa shape index (κ2) is 10.2. The Morgan fingerprint density at radius 3 is 1.77 bits per heavy atom. The first-order valence-electron chi connectivity index (χ1n) is 12.9. The van der Waals surface area contributed by atoms with Crippen molar-refractivity contribution in [1.82, 2.24) is 29.4 Å². The maximum Gasteiger partial charge on any atom is 0.328 e. The predicted molar refractivity (Wildman–Crippen MR) is 149 cm³/mol. The maximum absolute atomic E-state index is 14.1. The van der Waals surface area contributed by atoms with E-state index in [1.807, 2.05) is 85.2 Å². The van der Waals surface area contributed by atoms with Gasteiger partial charge in [0.05, 0.1) is 44.0 Å². The molecule has 5 aromatic rings. The molecule has 0 radical (unpaired) electrons. The molecule has 0 N–H and O–H groups in total. The summed E-state index contributed by atoms with van der Waals surface area (Å²) in [7, 11) is 1.59. The van der Waals surface area contributed by atoms with Crippen LogP contribution in [0.15, 0.2) is 110 Å². The van der Waals surface area contributed by atoms with Gasteiger partial charge >= 0.3 is 6.03 Å². The number of aromatic nitrogens is 4. The van der Waals surface area contributed by atoms with Crippen molar-refractivity contribution in [3.05, 3.63) is 126 Å². The summed E-state index contributed by atoms with van der Waals surface area (Å²) in [6.45, 7) is 2.11. The summed E-state index contributed by atoms with van der Waals surface area (Å²) in [5.41, 5.74) is 2.84. The van der Waals surface area contributed by atoms with Crippen molar-refractivity contribution < 1.29 is 14.3 Å². The fourth-order valence-electron chi connectivity index (χ4n) is 5.05. The number of imide groups is 1. The lowest BCUT2D eigenvalue weighted by molar-refractivity contribution is -0.133. The molecule has 0 aliphatic carbocycles. The number of hydrogen-bond donors (Lipinski definition) is 0. The second-order valence-electron chi connectivity index (χ2n) is 9.82. The molecule has 1 aliphatic heterocycles. The average Bonchev–Trinajstić information content (AvgIpc) is 3.72. The van der Waals surface area contributed by atoms with Crippen LogP contribution in [-0.4, -0.2) is 48.4 Å². The number of carbonyl (C=O) groups is 2. The highest BCUT2D eigenvalue weighted by molar-refractivity contribution is 6.07. The quantitative estimate of drug-likeness (QED) is 0.264. The highest BCUT2D eigenvalue weighted by Gasteiger charge is 2.55. The third kappa shape index (κ3) is 4.41. The Morgan fingerprint density at radius 1 is 0.725 bits per heavy atom. The molecular weight excluding hydrogens is 504 g/mol. The SMILES string of the molecule is COc1ccc([C@]2(C)C(=O)N(Cc3cnn(-c4ccccc4)c3)C(=O)N2Cc2cnn(-c3ccccc3)c2)cc1. The first-order valence-corrected chi connectivity index (χ1v) is 12.9. The van der Waals surface area contributed by atoms with Crippen molar-refractivity contribution in [1.29, 1.82) is 0 Å². The number of benzene rings is 3. The number of para-hydroxylation sites is 2. The Kier molecular flexibility index (Phi) is 6.39. The molecule has 6 rings (SSSR count). The molecule has 3 heterocycles. The Balaban J connectivity index is 1.33. The van der Waals surface area contributed by atoms with Crippen LogP contribution in [0.4, 0.5) is 4.79 Å². The first kappa shape index (κ1) is 25.1. The molecule has 0 saturated carbocycles. The van der Waals surface area contributed by atoms with Gasteiger partial charge in [-0.3, -0.25) is 9.69 Å². The van der Waals surface area contributed by atoms with Crippen molar-refractivity contribution in [3.63, 3.8) is 0 Å². The summed E-state index contributed by atoms with van der Waals surface area (Å²) in [5, 5.41) is 8.93. The van der Waals surface area contributed by atoms with E-state index in [4.69, 9.17) is 4.74 Å². The summed E-state index contributed by atoms with van der Waals surface area (Å²) in [4.78, 5) is 30.9. The van der Waals surface area contributed by atoms with Crippen molar-refractivity contribution in [2.75, 3.05) is 7.11 Å². The number of methoxy groups -OCH3 is 1. The smallest absolute Gasteiger partial charge is 0.328 e. The summed E-state index contributed by atoms with van der Waals surface area (Å²) >= 11 is 0. The van der Waals surface area contributed by atoms with Gasteiger partial charge in [0.1, 0.15) is 11.3 Å². The Labute approximate surface area is 231 Å². The van der Waals surface area contributed by atoms with Crippen LogP contribution in [0.5, 0.6) is 5.75 Å². The van der Waals surface area contributed by atoms with E-state index in [1.54, 1.807) is 52.8 Å². The summed E-state index contributed by atoms with van der Waals surface area (Å²) in [5.74, 6) is 0.371. The van der Waals surface area contributed by atoms with Crippen molar-refractivity contribution in [2.24, 2.45) is 0 Å². The van der Waals surface area contributed by atoms with E-state index >= 15 is 0 Å². The van der Waals surface area contributed by atoms with E-state index < -0.39 is 5.54 Å². The first-order chi connectivity index (χ1) is 19.5. The molecular formula is C31H28N6O3. The number of carbonyl (C=O) groups excluding carboxylic acids is 2. The third-order valence-electron chi connectivity index (χ3n) is 7.31. The van der Waals surface area contributed by atoms with Crippen LogP contribution in [0.2, 0.25) is 0 Å². The van der Waals surface area contributed by atoms with Crippen molar-refractivity contribution in [2.45, 2.75) is 25.6 Å². The lowest BCUT2D eigenvalue weighted by Gasteiger charge is -2.32. The summed E-state index contributed by atoms with van der Waals surface area (Å²) in [6.07, 6.45) is 7.14. The van der Waals surface area contributed by atoms with E-state index in [1.165, 1.54) is 4.90 Å². The van der Waals surface area contributed by atoms with E-state index in [-0.39, 0.29) is 25.0 Å². The van der Waals surface area contributed by atoms with Gasteiger partial charge in [0.15, 0.2) is 0 Å². The van der Waals surface area contributed by atoms with Crippen LogP contribution in [0.3, 0.4) is 0 Å². The topological polar surface area (TPSA) is 85.5 Å². The van der Waals surface area contributed by atoms with Crippen LogP contribution >= 0.6 is 0 Å². The molecule has 2 aromatic heterocycles. The highest BCUT2D eigenvalue weighted by Crippen LogP contribution is 2.39. The van der Waals surface area contributed by atoms with E-state index in [0.29, 0.717) is 11.3 Å². The summed E-state index contributed by atoms with van der Waals surface area (Å²) < 4.78 is 8.82. The summed E-state index contributed by atoms with van der Waals surface area (Å²) in [6, 6.07) is 26.3. The molecule has 9 nitrogen and oxygen atoms in total.